The number of anilines is 2. The van der Waals surface area contributed by atoms with Gasteiger partial charge in [-0.25, -0.2) is 4.90 Å². The van der Waals surface area contributed by atoms with Crippen LogP contribution in [0.3, 0.4) is 0 Å². The maximum Gasteiger partial charge on any atom is 0.418 e. The maximum absolute atomic E-state index is 13.9. The van der Waals surface area contributed by atoms with Crippen LogP contribution in [0.15, 0.2) is 87.1 Å². The van der Waals surface area contributed by atoms with Gasteiger partial charge in [-0.1, -0.05) is 74.9 Å². The van der Waals surface area contributed by atoms with Crippen LogP contribution in [0.5, 0.6) is 0 Å². The lowest BCUT2D eigenvalue weighted by Gasteiger charge is -2.30. The highest BCUT2D eigenvalue weighted by atomic mass is 79.9. The number of hydrogen-bond donors (Lipinski definition) is 1. The topological polar surface area (TPSA) is 88.5 Å². The number of imide groups is 1. The molecule has 1 saturated heterocycles. The molecular formula is C29H18BrClF3N3O4S2. The molecule has 220 valence electrons. The Hall–Kier alpha value is -3.39. The molecule has 2 aliphatic rings. The zero-order valence-corrected chi connectivity index (χ0v) is 25.6. The summed E-state index contributed by atoms with van der Waals surface area (Å²) in [5.41, 5.74) is -0.586. The molecule has 0 spiro atoms. The van der Waals surface area contributed by atoms with E-state index in [1.165, 1.54) is 16.7 Å². The van der Waals surface area contributed by atoms with E-state index in [1.807, 2.05) is 0 Å². The number of halogens is 5. The van der Waals surface area contributed by atoms with Crippen LogP contribution < -0.4 is 15.1 Å². The number of para-hydroxylation sites is 1. The minimum Gasteiger partial charge on any atom is -0.325 e. The van der Waals surface area contributed by atoms with E-state index in [4.69, 9.17) is 11.6 Å². The van der Waals surface area contributed by atoms with Crippen molar-refractivity contribution in [2.75, 3.05) is 10.2 Å². The highest BCUT2D eigenvalue weighted by molar-refractivity contribution is 9.10. The van der Waals surface area contributed by atoms with Gasteiger partial charge < -0.3 is 5.32 Å². The van der Waals surface area contributed by atoms with Crippen molar-refractivity contribution in [3.8, 4) is 0 Å². The van der Waals surface area contributed by atoms with Crippen molar-refractivity contribution in [1.82, 2.24) is 4.57 Å². The highest BCUT2D eigenvalue weighted by Gasteiger charge is 2.57. The van der Waals surface area contributed by atoms with Crippen molar-refractivity contribution in [2.24, 2.45) is 5.92 Å². The molecule has 0 aliphatic carbocycles. The predicted octanol–water partition coefficient (Wildman–Crippen LogP) is 6.78. The number of carbonyl (C=O) groups excluding carboxylic acids is 3. The van der Waals surface area contributed by atoms with Gasteiger partial charge in [0.15, 0.2) is 0 Å². The number of thioether (sulfide) groups is 1. The van der Waals surface area contributed by atoms with Crippen LogP contribution in [-0.2, 0) is 27.1 Å². The molecule has 0 radical (unpaired) electrons. The van der Waals surface area contributed by atoms with Crippen molar-refractivity contribution in [1.29, 1.82) is 0 Å². The first-order valence-corrected chi connectivity index (χ1v) is 15.6. The molecule has 1 fully saturated rings. The molecule has 43 heavy (non-hydrogen) atoms. The van der Waals surface area contributed by atoms with E-state index >= 15 is 0 Å². The van der Waals surface area contributed by atoms with E-state index < -0.39 is 57.1 Å². The summed E-state index contributed by atoms with van der Waals surface area (Å²) in [6, 6.07) is 17.8. The zero-order valence-electron chi connectivity index (χ0n) is 21.6. The van der Waals surface area contributed by atoms with Gasteiger partial charge >= 0.3 is 11.0 Å². The monoisotopic (exact) mass is 707 g/mol. The lowest BCUT2D eigenvalue weighted by Crippen LogP contribution is -2.33. The van der Waals surface area contributed by atoms with Gasteiger partial charge in [-0.15, -0.1) is 0 Å². The number of benzene rings is 3. The minimum absolute atomic E-state index is 0.322. The van der Waals surface area contributed by atoms with Crippen molar-refractivity contribution in [3.63, 3.8) is 0 Å². The second-order valence-electron chi connectivity index (χ2n) is 9.80. The highest BCUT2D eigenvalue weighted by Crippen LogP contribution is 2.54. The smallest absolute Gasteiger partial charge is 0.325 e. The number of rotatable bonds is 5. The van der Waals surface area contributed by atoms with E-state index in [0.717, 1.165) is 39.7 Å². The van der Waals surface area contributed by atoms with Gasteiger partial charge in [0, 0.05) is 26.0 Å². The summed E-state index contributed by atoms with van der Waals surface area (Å²) in [6.07, 6.45) is -4.81. The summed E-state index contributed by atoms with van der Waals surface area (Å²) in [5.74, 6) is -4.01. The van der Waals surface area contributed by atoms with Crippen LogP contribution in [0, 0.1) is 5.92 Å². The minimum atomic E-state index is -4.81. The molecule has 3 atom stereocenters. The lowest BCUT2D eigenvalue weighted by molar-refractivity contribution is -0.137. The fourth-order valence-electron chi connectivity index (χ4n) is 5.31. The molecule has 1 N–H and O–H groups in total. The predicted molar refractivity (Wildman–Crippen MR) is 162 cm³/mol. The summed E-state index contributed by atoms with van der Waals surface area (Å²) in [4.78, 5) is 54.6. The molecule has 2 unspecified atom stereocenters. The Morgan fingerprint density at radius 2 is 1.63 bits per heavy atom. The molecule has 4 aromatic rings. The van der Waals surface area contributed by atoms with Crippen LogP contribution in [0.4, 0.5) is 24.5 Å². The van der Waals surface area contributed by atoms with Crippen molar-refractivity contribution in [3.05, 3.63) is 108 Å². The lowest BCUT2D eigenvalue weighted by atomic mass is 9.83. The van der Waals surface area contributed by atoms with Crippen LogP contribution in [-0.4, -0.2) is 27.5 Å². The molecule has 3 amide bonds. The first kappa shape index (κ1) is 29.7. The molecule has 1 aromatic heterocycles. The first-order valence-electron chi connectivity index (χ1n) is 12.7. The van der Waals surface area contributed by atoms with Gasteiger partial charge in [-0.3, -0.25) is 23.7 Å². The van der Waals surface area contributed by atoms with Crippen molar-refractivity contribution in [2.45, 2.75) is 28.9 Å². The van der Waals surface area contributed by atoms with Gasteiger partial charge in [-0.2, -0.15) is 13.2 Å². The molecular weight excluding hydrogens is 691 g/mol. The largest absolute Gasteiger partial charge is 0.418 e. The molecule has 7 nitrogen and oxygen atoms in total. The molecule has 0 bridgehead atoms. The van der Waals surface area contributed by atoms with Gasteiger partial charge in [0.05, 0.1) is 22.2 Å². The summed E-state index contributed by atoms with van der Waals surface area (Å²) in [7, 11) is 0. The molecule has 6 rings (SSSR count). The Morgan fingerprint density at radius 1 is 0.953 bits per heavy atom. The van der Waals surface area contributed by atoms with Crippen molar-refractivity contribution < 1.29 is 27.6 Å². The van der Waals surface area contributed by atoms with E-state index in [9.17, 15) is 32.3 Å². The molecule has 0 saturated carbocycles. The number of carbonyl (C=O) groups is 3. The average molecular weight is 709 g/mol. The molecule has 14 heteroatoms. The second kappa shape index (κ2) is 11.3. The number of alkyl halides is 3. The van der Waals surface area contributed by atoms with Gasteiger partial charge in [0.25, 0.3) is 0 Å². The third kappa shape index (κ3) is 5.43. The first-order chi connectivity index (χ1) is 20.4. The summed E-state index contributed by atoms with van der Waals surface area (Å²) in [5, 5.41) is 2.37. The van der Waals surface area contributed by atoms with E-state index in [1.54, 1.807) is 48.5 Å². The Balaban J connectivity index is 1.43. The fraction of sp³-hybridized carbons (Fsp3) is 0.172. The number of nitrogens with zero attached hydrogens (tertiary/aromatic N) is 2. The number of fused-ring (bicyclic) bond motifs is 2. The van der Waals surface area contributed by atoms with Gasteiger partial charge in [0.2, 0.25) is 17.7 Å². The Bertz CT molecular complexity index is 1830. The Labute approximate surface area is 263 Å². The van der Waals surface area contributed by atoms with Crippen molar-refractivity contribution >= 4 is 79.7 Å². The standard InChI is InChI=1S/C29H18BrClF3N3O4S2/c30-15-7-5-14(6-8-15)21-22-23(26(40)37(25(22)39)19-4-2-1-3-18(19)29(32,33)34)42-27-24(21)43-28(41)36(27)13-20(38)35-17-11-9-16(31)10-12-17/h1-12,21-23H,13H2,(H,35,38)/t21-,22?,23?/m1/s1. The van der Waals surface area contributed by atoms with Gasteiger partial charge in [-0.05, 0) is 54.1 Å². The molecule has 3 heterocycles. The fourth-order valence-corrected chi connectivity index (χ4v) is 8.47. The maximum atomic E-state index is 13.9. The molecule has 2 aliphatic heterocycles. The van der Waals surface area contributed by atoms with Crippen LogP contribution in [0.25, 0.3) is 0 Å². The van der Waals surface area contributed by atoms with E-state index in [0.29, 0.717) is 31.1 Å². The van der Waals surface area contributed by atoms with Gasteiger partial charge in [0.1, 0.15) is 11.8 Å². The summed E-state index contributed by atoms with van der Waals surface area (Å²) < 4.78 is 43.8. The third-order valence-corrected chi connectivity index (χ3v) is 10.5. The average Bonchev–Trinajstić information content (AvgIpc) is 3.40. The van der Waals surface area contributed by atoms with E-state index in [-0.39, 0.29) is 6.54 Å². The number of amides is 3. The molecule has 3 aromatic carbocycles. The van der Waals surface area contributed by atoms with E-state index in [2.05, 4.69) is 21.2 Å². The third-order valence-electron chi connectivity index (χ3n) is 7.16. The zero-order chi connectivity index (χ0) is 30.6. The van der Waals surface area contributed by atoms with Crippen LogP contribution in [0.1, 0.15) is 21.9 Å². The van der Waals surface area contributed by atoms with Crippen LogP contribution >= 0.6 is 50.6 Å². The number of aromatic nitrogens is 1. The Kier molecular flexibility index (Phi) is 7.78. The summed E-state index contributed by atoms with van der Waals surface area (Å²) in [6.45, 7) is -0.381. The second-order valence-corrected chi connectivity index (χ2v) is 13.3. The normalized spacial score (nSPS) is 19.7. The number of nitrogens with one attached hydrogen (secondary N) is 1. The van der Waals surface area contributed by atoms with Crippen LogP contribution in [0.2, 0.25) is 5.02 Å². The quantitative estimate of drug-likeness (QED) is 0.231. The SMILES string of the molecule is O=C(Cn1c2c(sc1=O)[C@H](c1ccc(Br)cc1)C1C(=O)N(c3ccccc3C(F)(F)F)C(=O)C1S2)Nc1ccc(Cl)cc1. The Morgan fingerprint density at radius 3 is 2.30 bits per heavy atom. The number of hydrogen-bond acceptors (Lipinski definition) is 6. The number of thiazole rings is 1. The summed E-state index contributed by atoms with van der Waals surface area (Å²) >= 11 is 11.1.